The lowest BCUT2D eigenvalue weighted by atomic mass is 10.1. The van der Waals surface area contributed by atoms with Gasteiger partial charge in [-0.15, -0.1) is 0 Å². The van der Waals surface area contributed by atoms with Gasteiger partial charge in [0.1, 0.15) is 5.82 Å². The second kappa shape index (κ2) is 4.61. The van der Waals surface area contributed by atoms with Crippen molar-refractivity contribution < 1.29 is 26.0 Å². The number of halogens is 4. The van der Waals surface area contributed by atoms with Crippen molar-refractivity contribution in [3.8, 4) is 0 Å². The predicted molar refractivity (Wildman–Crippen MR) is 53.1 cm³/mol. The average molecular weight is 271 g/mol. The van der Waals surface area contributed by atoms with Crippen LogP contribution in [0.25, 0.3) is 0 Å². The first-order valence-corrected chi connectivity index (χ1v) is 6.29. The second-order valence-corrected chi connectivity index (χ2v) is 5.24. The summed E-state index contributed by atoms with van der Waals surface area (Å²) in [7, 11) is -3.47. The lowest BCUT2D eigenvalue weighted by Gasteiger charge is -2.09. The molecule has 0 amide bonds. The van der Waals surface area contributed by atoms with Crippen molar-refractivity contribution >= 4 is 10.0 Å². The van der Waals surface area contributed by atoms with E-state index in [4.69, 9.17) is 0 Å². The van der Waals surface area contributed by atoms with Crippen LogP contribution >= 0.6 is 0 Å². The lowest BCUT2D eigenvalue weighted by molar-refractivity contribution is -0.140. The predicted octanol–water partition coefficient (Wildman–Crippen LogP) is 1.89. The van der Waals surface area contributed by atoms with Gasteiger partial charge < -0.3 is 0 Å². The first-order valence-electron chi connectivity index (χ1n) is 4.40. The monoisotopic (exact) mass is 271 g/mol. The quantitative estimate of drug-likeness (QED) is 0.853. The topological polar surface area (TPSA) is 46.2 Å². The van der Waals surface area contributed by atoms with E-state index < -0.39 is 27.6 Å². The fourth-order valence-corrected chi connectivity index (χ4v) is 1.54. The van der Waals surface area contributed by atoms with Crippen molar-refractivity contribution in [1.29, 1.82) is 0 Å². The Kier molecular flexibility index (Phi) is 3.78. The summed E-state index contributed by atoms with van der Waals surface area (Å²) < 4.78 is 73.2. The normalized spacial score (nSPS) is 12.8. The largest absolute Gasteiger partial charge is 0.419 e. The van der Waals surface area contributed by atoms with E-state index in [9.17, 15) is 26.0 Å². The molecule has 1 N–H and O–H groups in total. The average Bonchev–Trinajstić information content (AvgIpc) is 2.11. The Balaban J connectivity index is 2.90. The van der Waals surface area contributed by atoms with Crippen molar-refractivity contribution in [2.24, 2.45) is 0 Å². The van der Waals surface area contributed by atoms with Gasteiger partial charge in [-0.3, -0.25) is 0 Å². The van der Waals surface area contributed by atoms with Crippen LogP contribution in [0, 0.1) is 5.82 Å². The van der Waals surface area contributed by atoms with Gasteiger partial charge in [0.2, 0.25) is 10.0 Å². The molecule has 96 valence electrons. The minimum absolute atomic E-state index is 0.112. The van der Waals surface area contributed by atoms with Crippen LogP contribution in [-0.4, -0.2) is 14.7 Å². The second-order valence-electron chi connectivity index (χ2n) is 3.41. The third kappa shape index (κ3) is 4.31. The highest BCUT2D eigenvalue weighted by Crippen LogP contribution is 2.31. The Labute approximate surface area is 95.5 Å². The molecule has 8 heteroatoms. The Morgan fingerprint density at radius 3 is 2.29 bits per heavy atom. The number of benzene rings is 1. The fraction of sp³-hybridized carbons (Fsp3) is 0.333. The zero-order chi connectivity index (χ0) is 13.3. The van der Waals surface area contributed by atoms with Crippen LogP contribution in [0.1, 0.15) is 11.1 Å². The summed E-state index contributed by atoms with van der Waals surface area (Å²) in [6, 6.07) is 2.25. The van der Waals surface area contributed by atoms with Gasteiger partial charge >= 0.3 is 6.18 Å². The molecule has 0 aliphatic carbocycles. The molecule has 1 rings (SSSR count). The molecule has 0 radical (unpaired) electrons. The summed E-state index contributed by atoms with van der Waals surface area (Å²) in [5.41, 5.74) is -1.26. The van der Waals surface area contributed by atoms with Crippen LogP contribution in [-0.2, 0) is 22.7 Å². The van der Waals surface area contributed by atoms with E-state index in [1.165, 1.54) is 0 Å². The molecule has 3 nitrogen and oxygen atoms in total. The summed E-state index contributed by atoms with van der Waals surface area (Å²) >= 11 is 0. The number of sulfonamides is 1. The lowest BCUT2D eigenvalue weighted by Crippen LogP contribution is -2.21. The van der Waals surface area contributed by atoms with Crippen molar-refractivity contribution in [1.82, 2.24) is 4.72 Å². The van der Waals surface area contributed by atoms with E-state index in [2.05, 4.69) is 0 Å². The summed E-state index contributed by atoms with van der Waals surface area (Å²) in [5.74, 6) is -1.43. The number of alkyl halides is 3. The zero-order valence-electron chi connectivity index (χ0n) is 8.68. The highest BCUT2D eigenvalue weighted by atomic mass is 32.2. The van der Waals surface area contributed by atoms with Crippen molar-refractivity contribution in [3.63, 3.8) is 0 Å². The van der Waals surface area contributed by atoms with Crippen LogP contribution in [0.15, 0.2) is 18.2 Å². The summed E-state index contributed by atoms with van der Waals surface area (Å²) in [5, 5.41) is 0. The summed E-state index contributed by atoms with van der Waals surface area (Å²) in [6.07, 6.45) is -3.86. The van der Waals surface area contributed by atoms with Gasteiger partial charge in [-0.2, -0.15) is 13.2 Å². The molecule has 1 aromatic carbocycles. The number of nitrogens with one attached hydrogen (secondary N) is 1. The van der Waals surface area contributed by atoms with Crippen molar-refractivity contribution in [3.05, 3.63) is 35.1 Å². The number of rotatable bonds is 3. The zero-order valence-corrected chi connectivity index (χ0v) is 9.49. The Bertz CT molecular complexity index is 510. The van der Waals surface area contributed by atoms with Gasteiger partial charge in [-0.05, 0) is 17.7 Å². The molecule has 0 saturated carbocycles. The summed E-state index contributed by atoms with van der Waals surface area (Å²) in [4.78, 5) is 0. The van der Waals surface area contributed by atoms with Crippen LogP contribution < -0.4 is 4.72 Å². The van der Waals surface area contributed by atoms with E-state index in [1.54, 1.807) is 0 Å². The third-order valence-electron chi connectivity index (χ3n) is 1.88. The SMILES string of the molecule is CS(=O)(=O)NCc1ccc(C(F)(F)F)c(F)c1. The van der Waals surface area contributed by atoms with Crippen LogP contribution in [0.4, 0.5) is 17.6 Å². The molecule has 0 unspecified atom stereocenters. The van der Waals surface area contributed by atoms with Crippen LogP contribution in [0.5, 0.6) is 0 Å². The molecule has 0 atom stereocenters. The fourth-order valence-electron chi connectivity index (χ4n) is 1.11. The van der Waals surface area contributed by atoms with E-state index in [1.807, 2.05) is 4.72 Å². The van der Waals surface area contributed by atoms with Gasteiger partial charge in [0, 0.05) is 6.54 Å². The maximum atomic E-state index is 13.1. The molecule has 0 aliphatic heterocycles. The number of hydrogen-bond acceptors (Lipinski definition) is 2. The standard InChI is InChI=1S/C9H9F4NO2S/c1-17(15,16)14-5-6-2-3-7(8(10)4-6)9(11,12)13/h2-4,14H,5H2,1H3. The third-order valence-corrected chi connectivity index (χ3v) is 2.55. The molecule has 0 aliphatic rings. The molecule has 0 aromatic heterocycles. The van der Waals surface area contributed by atoms with Gasteiger partial charge in [0.15, 0.2) is 0 Å². The molecule has 0 fully saturated rings. The van der Waals surface area contributed by atoms with Gasteiger partial charge in [0.05, 0.1) is 11.8 Å². The molecular formula is C9H9F4NO2S. The van der Waals surface area contributed by atoms with Crippen molar-refractivity contribution in [2.45, 2.75) is 12.7 Å². The first-order chi connectivity index (χ1) is 7.59. The highest BCUT2D eigenvalue weighted by molar-refractivity contribution is 7.88. The molecular weight excluding hydrogens is 262 g/mol. The minimum atomic E-state index is -4.76. The van der Waals surface area contributed by atoms with Crippen LogP contribution in [0.3, 0.4) is 0 Å². The highest BCUT2D eigenvalue weighted by Gasteiger charge is 2.33. The van der Waals surface area contributed by atoms with Crippen molar-refractivity contribution in [2.75, 3.05) is 6.26 Å². The Morgan fingerprint density at radius 1 is 1.29 bits per heavy atom. The van der Waals surface area contributed by atoms with Gasteiger partial charge in [0.25, 0.3) is 0 Å². The van der Waals surface area contributed by atoms with Crippen LogP contribution in [0.2, 0.25) is 0 Å². The first kappa shape index (κ1) is 13.9. The molecule has 1 aromatic rings. The van der Waals surface area contributed by atoms with Gasteiger partial charge in [-0.25, -0.2) is 17.5 Å². The number of hydrogen-bond donors (Lipinski definition) is 1. The molecule has 0 bridgehead atoms. The Hall–Kier alpha value is -1.15. The van der Waals surface area contributed by atoms with Gasteiger partial charge in [-0.1, -0.05) is 6.07 Å². The summed E-state index contributed by atoms with van der Waals surface area (Å²) in [6.45, 7) is -0.256. The van der Waals surface area contributed by atoms with E-state index in [-0.39, 0.29) is 12.1 Å². The maximum Gasteiger partial charge on any atom is 0.419 e. The van der Waals surface area contributed by atoms with E-state index >= 15 is 0 Å². The minimum Gasteiger partial charge on any atom is -0.213 e. The molecule has 0 saturated heterocycles. The smallest absolute Gasteiger partial charge is 0.213 e. The Morgan fingerprint density at radius 2 is 1.88 bits per heavy atom. The van der Waals surface area contributed by atoms with E-state index in [0.29, 0.717) is 12.1 Å². The maximum absolute atomic E-state index is 13.1. The molecule has 17 heavy (non-hydrogen) atoms. The molecule has 0 heterocycles. The molecule has 0 spiro atoms. The van der Waals surface area contributed by atoms with E-state index in [0.717, 1.165) is 12.3 Å².